The first-order valence-corrected chi connectivity index (χ1v) is 15.1. The van der Waals surface area contributed by atoms with Crippen molar-refractivity contribution in [3.05, 3.63) is 89.2 Å². The lowest BCUT2D eigenvalue weighted by atomic mass is 10.00. The van der Waals surface area contributed by atoms with Gasteiger partial charge >= 0.3 is 18.1 Å². The van der Waals surface area contributed by atoms with Gasteiger partial charge in [0.25, 0.3) is 0 Å². The molecule has 0 aromatic heterocycles. The average molecular weight is 601 g/mol. The summed E-state index contributed by atoms with van der Waals surface area (Å²) < 4.78 is 63.9. The quantitative estimate of drug-likeness (QED) is 0.0710. The summed E-state index contributed by atoms with van der Waals surface area (Å²) >= 11 is 0. The normalized spacial score (nSPS) is 12.1. The standard InChI is InChI=1S/C35H40F4O4/c1-3-5-7-8-9-10-11-12-25-14-16-26(17-15-25)27-18-20-28(21-19-27)33(40)42-29-22-23-30(31(36)24-29)34(41)43-32(13-6-4-2)35(37,38)39/h14-24,32H,3-13H2,1-2H3/t32-/m1/s1. The van der Waals surface area contributed by atoms with Gasteiger partial charge in [0.1, 0.15) is 11.6 Å². The number of esters is 2. The van der Waals surface area contributed by atoms with E-state index in [1.807, 2.05) is 0 Å². The topological polar surface area (TPSA) is 52.6 Å². The fourth-order valence-corrected chi connectivity index (χ4v) is 4.71. The van der Waals surface area contributed by atoms with Crippen LogP contribution in [0.15, 0.2) is 66.7 Å². The molecule has 0 N–H and O–H groups in total. The maximum Gasteiger partial charge on any atom is 0.425 e. The van der Waals surface area contributed by atoms with Crippen molar-refractivity contribution in [2.45, 2.75) is 96.8 Å². The van der Waals surface area contributed by atoms with Gasteiger partial charge < -0.3 is 9.47 Å². The van der Waals surface area contributed by atoms with Gasteiger partial charge in [0.05, 0.1) is 11.1 Å². The van der Waals surface area contributed by atoms with Gasteiger partial charge in [-0.25, -0.2) is 14.0 Å². The molecule has 4 nitrogen and oxygen atoms in total. The molecule has 232 valence electrons. The minimum atomic E-state index is -4.76. The van der Waals surface area contributed by atoms with Crippen LogP contribution in [0.3, 0.4) is 0 Å². The first-order chi connectivity index (χ1) is 20.6. The van der Waals surface area contributed by atoms with Gasteiger partial charge in [-0.15, -0.1) is 0 Å². The summed E-state index contributed by atoms with van der Waals surface area (Å²) in [5, 5.41) is 0. The molecule has 1 atom stereocenters. The Morgan fingerprint density at radius 1 is 0.721 bits per heavy atom. The van der Waals surface area contributed by atoms with Gasteiger partial charge in [0.2, 0.25) is 0 Å². The summed E-state index contributed by atoms with van der Waals surface area (Å²) in [6, 6.07) is 18.0. The van der Waals surface area contributed by atoms with Crippen LogP contribution >= 0.6 is 0 Å². The first-order valence-electron chi connectivity index (χ1n) is 15.1. The van der Waals surface area contributed by atoms with Crippen molar-refractivity contribution in [1.82, 2.24) is 0 Å². The Bertz CT molecular complexity index is 1300. The number of rotatable bonds is 16. The second kappa shape index (κ2) is 16.8. The van der Waals surface area contributed by atoms with E-state index < -0.39 is 42.0 Å². The van der Waals surface area contributed by atoms with Gasteiger partial charge in [-0.2, -0.15) is 13.2 Å². The van der Waals surface area contributed by atoms with Crippen LogP contribution in [0.1, 0.15) is 104 Å². The van der Waals surface area contributed by atoms with Crippen LogP contribution < -0.4 is 4.74 Å². The van der Waals surface area contributed by atoms with E-state index in [0.29, 0.717) is 6.42 Å². The fraction of sp³-hybridized carbons (Fsp3) is 0.429. The number of hydrogen-bond donors (Lipinski definition) is 0. The predicted octanol–water partition coefficient (Wildman–Crippen LogP) is 10.3. The molecule has 0 bridgehead atoms. The zero-order valence-electron chi connectivity index (χ0n) is 24.9. The van der Waals surface area contributed by atoms with Crippen LogP contribution in [0.25, 0.3) is 11.1 Å². The third-order valence-electron chi connectivity index (χ3n) is 7.28. The molecule has 3 rings (SSSR count). The molecule has 3 aromatic rings. The molecule has 0 saturated heterocycles. The van der Waals surface area contributed by atoms with Gasteiger partial charge in [0, 0.05) is 6.07 Å². The number of alkyl halides is 3. The van der Waals surface area contributed by atoms with Crippen molar-refractivity contribution in [2.24, 2.45) is 0 Å². The highest BCUT2D eigenvalue weighted by Crippen LogP contribution is 2.29. The minimum Gasteiger partial charge on any atom is -0.449 e. The second-order valence-corrected chi connectivity index (χ2v) is 10.8. The highest BCUT2D eigenvalue weighted by atomic mass is 19.4. The van der Waals surface area contributed by atoms with Crippen molar-refractivity contribution in [2.75, 3.05) is 0 Å². The van der Waals surface area contributed by atoms with Gasteiger partial charge in [0.15, 0.2) is 6.10 Å². The van der Waals surface area contributed by atoms with Crippen molar-refractivity contribution < 1.29 is 36.6 Å². The van der Waals surface area contributed by atoms with E-state index in [2.05, 4.69) is 35.9 Å². The molecule has 0 aliphatic heterocycles. The highest BCUT2D eigenvalue weighted by molar-refractivity contribution is 5.92. The third-order valence-corrected chi connectivity index (χ3v) is 7.28. The molecule has 0 heterocycles. The van der Waals surface area contributed by atoms with Gasteiger partial charge in [-0.3, -0.25) is 0 Å². The molecule has 0 fully saturated rings. The highest BCUT2D eigenvalue weighted by Gasteiger charge is 2.42. The van der Waals surface area contributed by atoms with E-state index in [1.165, 1.54) is 50.5 Å². The van der Waals surface area contributed by atoms with E-state index in [0.717, 1.165) is 35.7 Å². The number of ether oxygens (including phenoxy) is 2. The Hall–Kier alpha value is -3.68. The summed E-state index contributed by atoms with van der Waals surface area (Å²) in [5.41, 5.74) is 2.77. The number of aryl methyl sites for hydroxylation is 1. The number of unbranched alkanes of at least 4 members (excludes halogenated alkanes) is 7. The Balaban J connectivity index is 1.54. The lowest BCUT2D eigenvalue weighted by Gasteiger charge is -2.20. The number of halogens is 4. The smallest absolute Gasteiger partial charge is 0.425 e. The lowest BCUT2D eigenvalue weighted by molar-refractivity contribution is -0.206. The summed E-state index contributed by atoms with van der Waals surface area (Å²) in [7, 11) is 0. The Kier molecular flexibility index (Phi) is 13.2. The molecular formula is C35H40F4O4. The summed E-state index contributed by atoms with van der Waals surface area (Å²) in [6.07, 6.45) is 3.14. The van der Waals surface area contributed by atoms with Crippen molar-refractivity contribution >= 4 is 11.9 Å². The Labute approximate surface area is 251 Å². The van der Waals surface area contributed by atoms with E-state index >= 15 is 0 Å². The van der Waals surface area contributed by atoms with E-state index in [9.17, 15) is 27.2 Å². The Morgan fingerprint density at radius 2 is 1.30 bits per heavy atom. The molecule has 0 radical (unpaired) electrons. The zero-order valence-corrected chi connectivity index (χ0v) is 24.9. The van der Waals surface area contributed by atoms with Crippen LogP contribution in [-0.2, 0) is 11.2 Å². The van der Waals surface area contributed by atoms with Gasteiger partial charge in [-0.1, -0.05) is 95.2 Å². The van der Waals surface area contributed by atoms with Crippen LogP contribution in [0.5, 0.6) is 5.75 Å². The molecule has 8 heteroatoms. The molecule has 0 aliphatic carbocycles. The van der Waals surface area contributed by atoms with Crippen LogP contribution in [0, 0.1) is 5.82 Å². The molecule has 0 aliphatic rings. The monoisotopic (exact) mass is 600 g/mol. The largest absolute Gasteiger partial charge is 0.449 e. The van der Waals surface area contributed by atoms with Crippen LogP contribution in [0.4, 0.5) is 17.6 Å². The Morgan fingerprint density at radius 3 is 1.88 bits per heavy atom. The number of carbonyl (C=O) groups is 2. The van der Waals surface area contributed by atoms with E-state index in [4.69, 9.17) is 4.74 Å². The summed E-state index contributed by atoms with van der Waals surface area (Å²) in [6.45, 7) is 3.93. The summed E-state index contributed by atoms with van der Waals surface area (Å²) in [4.78, 5) is 24.9. The second-order valence-electron chi connectivity index (χ2n) is 10.8. The zero-order chi connectivity index (χ0) is 31.2. The molecular weight excluding hydrogens is 560 g/mol. The van der Waals surface area contributed by atoms with Crippen molar-refractivity contribution in [1.29, 1.82) is 0 Å². The van der Waals surface area contributed by atoms with E-state index in [-0.39, 0.29) is 17.7 Å². The van der Waals surface area contributed by atoms with Crippen LogP contribution in [-0.4, -0.2) is 24.2 Å². The SMILES string of the molecule is CCCCCCCCCc1ccc(-c2ccc(C(=O)Oc3ccc(C(=O)O[C@H](CCCC)C(F)(F)F)c(F)c3)cc2)cc1. The first kappa shape index (κ1) is 33.8. The predicted molar refractivity (Wildman–Crippen MR) is 160 cm³/mol. The minimum absolute atomic E-state index is 0.196. The summed E-state index contributed by atoms with van der Waals surface area (Å²) in [5.74, 6) is -3.53. The molecule has 0 amide bonds. The number of benzene rings is 3. The lowest BCUT2D eigenvalue weighted by Crippen LogP contribution is -2.34. The maximum absolute atomic E-state index is 14.6. The fourth-order valence-electron chi connectivity index (χ4n) is 4.71. The maximum atomic E-state index is 14.6. The van der Waals surface area contributed by atoms with Crippen molar-refractivity contribution in [3.8, 4) is 16.9 Å². The molecule has 0 saturated carbocycles. The molecule has 0 unspecified atom stereocenters. The number of carbonyl (C=O) groups excluding carboxylic acids is 2. The third kappa shape index (κ3) is 10.8. The van der Waals surface area contributed by atoms with Crippen molar-refractivity contribution in [3.63, 3.8) is 0 Å². The van der Waals surface area contributed by atoms with Crippen LogP contribution in [0.2, 0.25) is 0 Å². The molecule has 0 spiro atoms. The van der Waals surface area contributed by atoms with E-state index in [1.54, 1.807) is 31.2 Å². The average Bonchev–Trinajstić information content (AvgIpc) is 2.98. The molecule has 3 aromatic carbocycles. The molecule has 43 heavy (non-hydrogen) atoms. The van der Waals surface area contributed by atoms with Gasteiger partial charge in [-0.05, 0) is 66.6 Å². The number of hydrogen-bond acceptors (Lipinski definition) is 4.